The maximum absolute atomic E-state index is 12.8. The number of methoxy groups -OCH3 is 1. The van der Waals surface area contributed by atoms with Gasteiger partial charge in [0.2, 0.25) is 10.0 Å². The van der Waals surface area contributed by atoms with Crippen LogP contribution in [0.15, 0.2) is 23.1 Å². The summed E-state index contributed by atoms with van der Waals surface area (Å²) in [5.74, 6) is -0.316. The molecule has 1 aromatic carbocycles. The van der Waals surface area contributed by atoms with Crippen LogP contribution in [-0.2, 0) is 14.8 Å². The Labute approximate surface area is 143 Å². The summed E-state index contributed by atoms with van der Waals surface area (Å²) in [6, 6.07) is 4.29. The first kappa shape index (κ1) is 18.7. The predicted molar refractivity (Wildman–Crippen MR) is 89.8 cm³/mol. The van der Waals surface area contributed by atoms with Crippen molar-refractivity contribution in [1.29, 1.82) is 0 Å². The minimum Gasteiger partial charge on any atom is -0.493 e. The summed E-state index contributed by atoms with van der Waals surface area (Å²) in [6.07, 6.45) is 0.746. The normalized spacial score (nSPS) is 16.8. The molecular weight excluding hydrogens is 332 g/mol. The van der Waals surface area contributed by atoms with Gasteiger partial charge in [-0.2, -0.15) is 4.31 Å². The fraction of sp³-hybridized carbons (Fsp3) is 0.562. The third-order valence-electron chi connectivity index (χ3n) is 3.92. The molecule has 0 spiro atoms. The van der Waals surface area contributed by atoms with Gasteiger partial charge in [0, 0.05) is 32.2 Å². The maximum Gasteiger partial charge on any atom is 0.341 e. The number of likely N-dealkylation sites (N-methyl/N-ethyl adjacent to an activating group) is 1. The summed E-state index contributed by atoms with van der Waals surface area (Å²) in [5.41, 5.74) is 0.225. The lowest BCUT2D eigenvalue weighted by atomic mass is 10.2. The molecule has 0 radical (unpaired) electrons. The van der Waals surface area contributed by atoms with Gasteiger partial charge in [-0.05, 0) is 25.6 Å². The predicted octanol–water partition coefficient (Wildman–Crippen LogP) is 1.20. The second kappa shape index (κ2) is 7.96. The van der Waals surface area contributed by atoms with E-state index in [-0.39, 0.29) is 16.2 Å². The van der Waals surface area contributed by atoms with Crippen LogP contribution >= 0.6 is 0 Å². The molecule has 7 nitrogen and oxygen atoms in total. The molecule has 2 rings (SSSR count). The number of benzene rings is 1. The highest BCUT2D eigenvalue weighted by Crippen LogP contribution is 2.26. The Morgan fingerprint density at radius 3 is 2.46 bits per heavy atom. The molecule has 1 saturated heterocycles. The van der Waals surface area contributed by atoms with Crippen LogP contribution in [0.4, 0.5) is 0 Å². The van der Waals surface area contributed by atoms with E-state index in [2.05, 4.69) is 4.90 Å². The number of hydrogen-bond acceptors (Lipinski definition) is 6. The van der Waals surface area contributed by atoms with Gasteiger partial charge in [0.15, 0.2) is 0 Å². The Kier molecular flexibility index (Phi) is 6.20. The fourth-order valence-electron chi connectivity index (χ4n) is 2.45. The molecule has 1 heterocycles. The number of esters is 1. The van der Waals surface area contributed by atoms with Crippen LogP contribution < -0.4 is 4.74 Å². The molecular formula is C16H24N2O5S. The van der Waals surface area contributed by atoms with Gasteiger partial charge in [-0.25, -0.2) is 13.2 Å². The Morgan fingerprint density at radius 2 is 1.88 bits per heavy atom. The number of piperazine rings is 1. The average Bonchev–Trinajstić information content (AvgIpc) is 2.59. The largest absolute Gasteiger partial charge is 0.493 e. The maximum atomic E-state index is 12.8. The second-order valence-corrected chi connectivity index (χ2v) is 7.64. The van der Waals surface area contributed by atoms with Crippen molar-refractivity contribution < 1.29 is 22.7 Å². The van der Waals surface area contributed by atoms with Crippen molar-refractivity contribution in [3.05, 3.63) is 23.8 Å². The smallest absolute Gasteiger partial charge is 0.341 e. The molecule has 8 heteroatoms. The van der Waals surface area contributed by atoms with Crippen LogP contribution in [0, 0.1) is 0 Å². The summed E-state index contributed by atoms with van der Waals surface area (Å²) in [4.78, 5) is 14.0. The van der Waals surface area contributed by atoms with Crippen LogP contribution in [0.3, 0.4) is 0 Å². The van der Waals surface area contributed by atoms with Crippen molar-refractivity contribution >= 4 is 16.0 Å². The number of hydrogen-bond donors (Lipinski definition) is 0. The van der Waals surface area contributed by atoms with E-state index in [0.29, 0.717) is 32.8 Å². The first-order valence-electron chi connectivity index (χ1n) is 7.94. The molecule has 0 saturated carbocycles. The molecule has 1 aliphatic heterocycles. The monoisotopic (exact) mass is 356 g/mol. The zero-order valence-corrected chi connectivity index (χ0v) is 15.1. The standard InChI is InChI=1S/C16H24N2O5S/c1-4-11-23-15-12-13(5-6-14(15)16(19)22-3)24(20,21)18-9-7-17(2)8-10-18/h5-6,12H,4,7-11H2,1-3H3. The van der Waals surface area contributed by atoms with Gasteiger partial charge in [-0.1, -0.05) is 6.92 Å². The first-order chi connectivity index (χ1) is 11.4. The lowest BCUT2D eigenvalue weighted by molar-refractivity contribution is 0.0596. The minimum atomic E-state index is -3.61. The van der Waals surface area contributed by atoms with Gasteiger partial charge < -0.3 is 14.4 Å². The van der Waals surface area contributed by atoms with Crippen LogP contribution in [0.1, 0.15) is 23.7 Å². The van der Waals surface area contributed by atoms with Crippen LogP contribution in [0.2, 0.25) is 0 Å². The Bertz CT molecular complexity index is 682. The van der Waals surface area contributed by atoms with E-state index in [0.717, 1.165) is 6.42 Å². The molecule has 0 unspecified atom stereocenters. The molecule has 0 atom stereocenters. The number of rotatable bonds is 6. The number of nitrogens with zero attached hydrogens (tertiary/aromatic N) is 2. The highest BCUT2D eigenvalue weighted by atomic mass is 32.2. The van der Waals surface area contributed by atoms with Crippen molar-refractivity contribution in [3.63, 3.8) is 0 Å². The van der Waals surface area contributed by atoms with E-state index >= 15 is 0 Å². The fourth-order valence-corrected chi connectivity index (χ4v) is 3.89. The minimum absolute atomic E-state index is 0.130. The summed E-state index contributed by atoms with van der Waals surface area (Å²) in [6.45, 7) is 4.60. The van der Waals surface area contributed by atoms with Crippen molar-refractivity contribution in [2.45, 2.75) is 18.2 Å². The third kappa shape index (κ3) is 4.06. The van der Waals surface area contributed by atoms with E-state index in [1.165, 1.54) is 29.6 Å². The van der Waals surface area contributed by atoms with Gasteiger partial charge in [-0.3, -0.25) is 0 Å². The number of carbonyl (C=O) groups excluding carboxylic acids is 1. The molecule has 24 heavy (non-hydrogen) atoms. The van der Waals surface area contributed by atoms with Crippen LogP contribution in [0.25, 0.3) is 0 Å². The molecule has 0 aliphatic carbocycles. The van der Waals surface area contributed by atoms with Gasteiger partial charge in [0.05, 0.1) is 18.6 Å². The molecule has 134 valence electrons. The molecule has 0 bridgehead atoms. The van der Waals surface area contributed by atoms with Crippen molar-refractivity contribution in [2.75, 3.05) is 46.9 Å². The highest BCUT2D eigenvalue weighted by Gasteiger charge is 2.28. The third-order valence-corrected chi connectivity index (χ3v) is 5.81. The van der Waals surface area contributed by atoms with E-state index in [9.17, 15) is 13.2 Å². The second-order valence-electron chi connectivity index (χ2n) is 5.71. The quantitative estimate of drug-likeness (QED) is 0.713. The topological polar surface area (TPSA) is 76.2 Å². The average molecular weight is 356 g/mol. The van der Waals surface area contributed by atoms with Crippen LogP contribution in [0.5, 0.6) is 5.75 Å². The van der Waals surface area contributed by atoms with E-state index < -0.39 is 16.0 Å². The highest BCUT2D eigenvalue weighted by molar-refractivity contribution is 7.89. The SMILES string of the molecule is CCCOc1cc(S(=O)(=O)N2CCN(C)CC2)ccc1C(=O)OC. The molecule has 1 fully saturated rings. The van der Waals surface area contributed by atoms with Gasteiger partial charge >= 0.3 is 5.97 Å². The molecule has 0 amide bonds. The van der Waals surface area contributed by atoms with Gasteiger partial charge in [0.25, 0.3) is 0 Å². The van der Waals surface area contributed by atoms with Crippen molar-refractivity contribution in [2.24, 2.45) is 0 Å². The summed E-state index contributed by atoms with van der Waals surface area (Å²) < 4.78 is 37.4. The summed E-state index contributed by atoms with van der Waals surface area (Å²) >= 11 is 0. The van der Waals surface area contributed by atoms with E-state index in [4.69, 9.17) is 9.47 Å². The van der Waals surface area contributed by atoms with Gasteiger partial charge in [-0.15, -0.1) is 0 Å². The van der Waals surface area contributed by atoms with E-state index in [1.807, 2.05) is 14.0 Å². The Balaban J connectivity index is 2.34. The number of sulfonamides is 1. The van der Waals surface area contributed by atoms with Crippen molar-refractivity contribution in [3.8, 4) is 5.75 Å². The Hall–Kier alpha value is -1.64. The molecule has 1 aromatic rings. The van der Waals surface area contributed by atoms with Gasteiger partial charge in [0.1, 0.15) is 11.3 Å². The summed E-state index contributed by atoms with van der Waals surface area (Å²) in [7, 11) is -0.365. The Morgan fingerprint density at radius 1 is 1.21 bits per heavy atom. The number of ether oxygens (including phenoxy) is 2. The van der Waals surface area contributed by atoms with E-state index in [1.54, 1.807) is 0 Å². The zero-order chi connectivity index (χ0) is 17.7. The molecule has 0 N–H and O–H groups in total. The first-order valence-corrected chi connectivity index (χ1v) is 9.38. The molecule has 1 aliphatic rings. The van der Waals surface area contributed by atoms with Crippen molar-refractivity contribution in [1.82, 2.24) is 9.21 Å². The lowest BCUT2D eigenvalue weighted by Crippen LogP contribution is -2.47. The zero-order valence-electron chi connectivity index (χ0n) is 14.3. The number of carbonyl (C=O) groups is 1. The summed E-state index contributed by atoms with van der Waals surface area (Å²) in [5, 5.41) is 0. The lowest BCUT2D eigenvalue weighted by Gasteiger charge is -2.31. The van der Waals surface area contributed by atoms with Crippen LogP contribution in [-0.4, -0.2) is 70.5 Å². The molecule has 0 aromatic heterocycles.